The van der Waals surface area contributed by atoms with Crippen LogP contribution in [-0.4, -0.2) is 49.6 Å². The molecule has 2 aliphatic rings. The van der Waals surface area contributed by atoms with Crippen LogP contribution < -0.4 is 9.64 Å². The number of ether oxygens (including phenoxy) is 2. The number of amides is 1. The molecule has 6 nitrogen and oxygen atoms in total. The zero-order valence-corrected chi connectivity index (χ0v) is 18.3. The van der Waals surface area contributed by atoms with Gasteiger partial charge in [0, 0.05) is 55.0 Å². The maximum Gasteiger partial charge on any atom is 0.409 e. The molecule has 2 aromatic carbocycles. The third-order valence-electron chi connectivity index (χ3n) is 5.86. The predicted molar refractivity (Wildman–Crippen MR) is 120 cm³/mol. The van der Waals surface area contributed by atoms with Crippen LogP contribution in [0, 0.1) is 5.92 Å². The van der Waals surface area contributed by atoms with E-state index in [4.69, 9.17) is 9.47 Å². The molecule has 0 radical (unpaired) electrons. The molecule has 0 atom stereocenters. The Labute approximate surface area is 183 Å². The van der Waals surface area contributed by atoms with Gasteiger partial charge >= 0.3 is 6.09 Å². The smallest absolute Gasteiger partial charge is 0.409 e. The van der Waals surface area contributed by atoms with Crippen molar-refractivity contribution in [2.45, 2.75) is 39.2 Å². The van der Waals surface area contributed by atoms with Gasteiger partial charge in [-0.1, -0.05) is 19.9 Å². The minimum Gasteiger partial charge on any atom is -0.490 e. The number of carbonyl (C=O) groups is 2. The Hall–Kier alpha value is -3.02. The van der Waals surface area contributed by atoms with E-state index in [9.17, 15) is 9.59 Å². The Bertz CT molecular complexity index is 918. The van der Waals surface area contributed by atoms with E-state index >= 15 is 0 Å². The molecule has 0 spiro atoms. The van der Waals surface area contributed by atoms with Crippen molar-refractivity contribution in [1.82, 2.24) is 4.90 Å². The van der Waals surface area contributed by atoms with E-state index in [2.05, 4.69) is 11.0 Å². The first-order valence-corrected chi connectivity index (χ1v) is 11.1. The Morgan fingerprint density at radius 2 is 1.84 bits per heavy atom. The van der Waals surface area contributed by atoms with Gasteiger partial charge in [-0.15, -0.1) is 0 Å². The second-order valence-corrected chi connectivity index (χ2v) is 8.64. The lowest BCUT2D eigenvalue weighted by atomic mass is 10.1. The molecule has 2 aromatic rings. The Balaban J connectivity index is 1.38. The first kappa shape index (κ1) is 21.2. The van der Waals surface area contributed by atoms with Gasteiger partial charge in [0.15, 0.2) is 0 Å². The number of benzene rings is 2. The number of fused-ring (bicyclic) bond motifs is 1. The quantitative estimate of drug-likeness (QED) is 0.624. The lowest BCUT2D eigenvalue weighted by Gasteiger charge is -2.32. The van der Waals surface area contributed by atoms with Gasteiger partial charge in [-0.3, -0.25) is 4.79 Å². The second kappa shape index (κ2) is 9.41. The fraction of sp³-hybridized carbons (Fsp3) is 0.440. The van der Waals surface area contributed by atoms with E-state index in [-0.39, 0.29) is 12.2 Å². The summed E-state index contributed by atoms with van der Waals surface area (Å²) in [4.78, 5) is 27.1. The van der Waals surface area contributed by atoms with Crippen LogP contribution in [0.25, 0.3) is 0 Å². The lowest BCUT2D eigenvalue weighted by molar-refractivity contribution is 0.0616. The number of carbonyl (C=O) groups excluding carboxylic acids is 2. The number of nitrogens with zero attached hydrogens (tertiary/aromatic N) is 2. The third-order valence-corrected chi connectivity index (χ3v) is 5.86. The van der Waals surface area contributed by atoms with Gasteiger partial charge < -0.3 is 19.3 Å². The van der Waals surface area contributed by atoms with Gasteiger partial charge in [-0.05, 0) is 48.7 Å². The summed E-state index contributed by atoms with van der Waals surface area (Å²) in [5.41, 5.74) is 4.14. The molecule has 2 aliphatic heterocycles. The standard InChI is InChI=1S/C25H30N2O4/c1-18(2)17-30-25(29)26-13-10-21(11-14-26)31-24-5-3-4-23-22(24)12-15-27(23)20-8-6-19(16-28)7-9-20/h3-9,16,18,21H,10-15,17H2,1-2H3. The molecule has 0 unspecified atom stereocenters. The number of anilines is 2. The summed E-state index contributed by atoms with van der Waals surface area (Å²) in [6.07, 6.45) is 3.27. The number of aldehydes is 1. The molecule has 0 N–H and O–H groups in total. The van der Waals surface area contributed by atoms with Crippen LogP contribution in [0.3, 0.4) is 0 Å². The molecule has 0 saturated carbocycles. The van der Waals surface area contributed by atoms with E-state index in [1.165, 1.54) is 5.56 Å². The Morgan fingerprint density at radius 1 is 1.10 bits per heavy atom. The van der Waals surface area contributed by atoms with Gasteiger partial charge in [0.2, 0.25) is 0 Å². The van der Waals surface area contributed by atoms with E-state index in [0.717, 1.165) is 49.2 Å². The van der Waals surface area contributed by atoms with E-state index in [1.807, 2.05) is 50.2 Å². The van der Waals surface area contributed by atoms with Gasteiger partial charge in [0.25, 0.3) is 0 Å². The van der Waals surface area contributed by atoms with Gasteiger partial charge in [0.1, 0.15) is 18.1 Å². The zero-order valence-electron chi connectivity index (χ0n) is 18.3. The second-order valence-electron chi connectivity index (χ2n) is 8.64. The molecule has 1 saturated heterocycles. The van der Waals surface area contributed by atoms with Crippen LogP contribution in [0.1, 0.15) is 42.6 Å². The van der Waals surface area contributed by atoms with Crippen LogP contribution >= 0.6 is 0 Å². The van der Waals surface area contributed by atoms with Crippen molar-refractivity contribution in [2.24, 2.45) is 5.92 Å². The monoisotopic (exact) mass is 422 g/mol. The molecule has 31 heavy (non-hydrogen) atoms. The highest BCUT2D eigenvalue weighted by Crippen LogP contribution is 2.40. The average molecular weight is 423 g/mol. The van der Waals surface area contributed by atoms with E-state index in [1.54, 1.807) is 4.90 Å². The predicted octanol–water partition coefficient (Wildman–Crippen LogP) is 4.83. The molecule has 2 heterocycles. The number of piperidine rings is 1. The molecule has 164 valence electrons. The molecular formula is C25H30N2O4. The lowest BCUT2D eigenvalue weighted by Crippen LogP contribution is -2.42. The largest absolute Gasteiger partial charge is 0.490 e. The highest BCUT2D eigenvalue weighted by atomic mass is 16.6. The number of rotatable bonds is 6. The van der Waals surface area contributed by atoms with Crippen LogP contribution in [-0.2, 0) is 11.2 Å². The summed E-state index contributed by atoms with van der Waals surface area (Å²) >= 11 is 0. The fourth-order valence-electron chi connectivity index (χ4n) is 4.18. The van der Waals surface area contributed by atoms with Crippen LogP contribution in [0.4, 0.5) is 16.2 Å². The SMILES string of the molecule is CC(C)COC(=O)N1CCC(Oc2cccc3c2CCN3c2ccc(C=O)cc2)CC1. The molecule has 6 heteroatoms. The summed E-state index contributed by atoms with van der Waals surface area (Å²) in [7, 11) is 0. The molecule has 0 aliphatic carbocycles. The van der Waals surface area contributed by atoms with Crippen molar-refractivity contribution in [1.29, 1.82) is 0 Å². The maximum absolute atomic E-state index is 12.2. The van der Waals surface area contributed by atoms with Crippen molar-refractivity contribution in [3.63, 3.8) is 0 Å². The van der Waals surface area contributed by atoms with Crippen LogP contribution in [0.2, 0.25) is 0 Å². The first-order chi connectivity index (χ1) is 15.0. The normalized spacial score (nSPS) is 16.4. The summed E-state index contributed by atoms with van der Waals surface area (Å²) in [5.74, 6) is 1.28. The van der Waals surface area contributed by atoms with Gasteiger partial charge in [0.05, 0.1) is 6.61 Å². The maximum atomic E-state index is 12.2. The minimum absolute atomic E-state index is 0.0987. The number of hydrogen-bond acceptors (Lipinski definition) is 5. The zero-order chi connectivity index (χ0) is 21.8. The Morgan fingerprint density at radius 3 is 2.52 bits per heavy atom. The van der Waals surface area contributed by atoms with Crippen molar-refractivity contribution in [3.8, 4) is 5.75 Å². The summed E-state index contributed by atoms with van der Waals surface area (Å²) in [5, 5.41) is 0. The average Bonchev–Trinajstić information content (AvgIpc) is 3.23. The summed E-state index contributed by atoms with van der Waals surface area (Å²) in [6.45, 7) is 6.73. The molecule has 0 aromatic heterocycles. The van der Waals surface area contributed by atoms with Crippen molar-refractivity contribution >= 4 is 23.8 Å². The van der Waals surface area contributed by atoms with Crippen LogP contribution in [0.5, 0.6) is 5.75 Å². The van der Waals surface area contributed by atoms with E-state index in [0.29, 0.717) is 31.2 Å². The molecule has 1 amide bonds. The number of likely N-dealkylation sites (tertiary alicyclic amines) is 1. The molecule has 4 rings (SSSR count). The molecule has 1 fully saturated rings. The summed E-state index contributed by atoms with van der Waals surface area (Å²) in [6, 6.07) is 13.9. The third kappa shape index (κ3) is 4.84. The van der Waals surface area contributed by atoms with Crippen LogP contribution in [0.15, 0.2) is 42.5 Å². The van der Waals surface area contributed by atoms with Crippen molar-refractivity contribution < 1.29 is 19.1 Å². The molecular weight excluding hydrogens is 392 g/mol. The van der Waals surface area contributed by atoms with E-state index < -0.39 is 0 Å². The topological polar surface area (TPSA) is 59.1 Å². The van der Waals surface area contributed by atoms with Crippen molar-refractivity contribution in [3.05, 3.63) is 53.6 Å². The van der Waals surface area contributed by atoms with Gasteiger partial charge in [-0.2, -0.15) is 0 Å². The number of hydrogen-bond donors (Lipinski definition) is 0. The fourth-order valence-corrected chi connectivity index (χ4v) is 4.18. The van der Waals surface area contributed by atoms with Gasteiger partial charge in [-0.25, -0.2) is 4.79 Å². The highest BCUT2D eigenvalue weighted by molar-refractivity contribution is 5.78. The first-order valence-electron chi connectivity index (χ1n) is 11.1. The van der Waals surface area contributed by atoms with Crippen molar-refractivity contribution in [2.75, 3.05) is 31.1 Å². The summed E-state index contributed by atoms with van der Waals surface area (Å²) < 4.78 is 11.7. The minimum atomic E-state index is -0.219. The highest BCUT2D eigenvalue weighted by Gasteiger charge is 2.28. The molecule has 0 bridgehead atoms. The Kier molecular flexibility index (Phi) is 6.44.